The van der Waals surface area contributed by atoms with E-state index in [2.05, 4.69) is 15.6 Å². The zero-order valence-electron chi connectivity index (χ0n) is 17.0. The highest BCUT2D eigenvalue weighted by atomic mass is 35.5. The van der Waals surface area contributed by atoms with Crippen LogP contribution in [0.5, 0.6) is 0 Å². The van der Waals surface area contributed by atoms with E-state index < -0.39 is 11.9 Å². The Labute approximate surface area is 183 Å². The second kappa shape index (κ2) is 10.2. The number of aromatic nitrogens is 2. The topological polar surface area (TPSA) is 58.4 Å². The number of alkyl halides is 3. The number of imidazole rings is 1. The van der Waals surface area contributed by atoms with Gasteiger partial charge in [0, 0.05) is 28.9 Å². The van der Waals surface area contributed by atoms with Crippen molar-refractivity contribution in [2.75, 3.05) is 12.4 Å². The number of hydrogen-bond acceptors (Lipinski definition) is 4. The van der Waals surface area contributed by atoms with Gasteiger partial charge in [0.05, 0.1) is 0 Å². The first-order valence-electron chi connectivity index (χ1n) is 10.00. The van der Waals surface area contributed by atoms with E-state index in [1.165, 1.54) is 4.40 Å². The number of hydrogen-bond donors (Lipinski definition) is 2. The Kier molecular flexibility index (Phi) is 7.56. The molecule has 166 valence electrons. The van der Waals surface area contributed by atoms with Crippen molar-refractivity contribution < 1.29 is 18.0 Å². The fourth-order valence-electron chi connectivity index (χ4n) is 3.54. The van der Waals surface area contributed by atoms with Gasteiger partial charge in [0.15, 0.2) is 5.69 Å². The van der Waals surface area contributed by atoms with Crippen molar-refractivity contribution in [3.8, 4) is 0 Å². The molecule has 3 aromatic rings. The maximum absolute atomic E-state index is 12.8. The highest BCUT2D eigenvalue weighted by Crippen LogP contribution is 2.30. The lowest BCUT2D eigenvalue weighted by Gasteiger charge is -2.29. The van der Waals surface area contributed by atoms with E-state index in [9.17, 15) is 18.0 Å². The molecular formula is C22H24ClF3N4O. The molecule has 2 aromatic heterocycles. The van der Waals surface area contributed by atoms with Crippen molar-refractivity contribution in [3.63, 3.8) is 0 Å². The van der Waals surface area contributed by atoms with Crippen LogP contribution in [0.15, 0.2) is 48.7 Å². The molecule has 1 aromatic carbocycles. The van der Waals surface area contributed by atoms with Gasteiger partial charge in [-0.3, -0.25) is 9.20 Å². The summed E-state index contributed by atoms with van der Waals surface area (Å²) in [6.45, 7) is 0. The predicted molar refractivity (Wildman–Crippen MR) is 116 cm³/mol. The second-order valence-electron chi connectivity index (χ2n) is 7.41. The third-order valence-corrected chi connectivity index (χ3v) is 5.53. The number of nitrogens with zero attached hydrogens (tertiary/aromatic N) is 2. The van der Waals surface area contributed by atoms with Crippen LogP contribution in [0.1, 0.15) is 41.7 Å². The predicted octanol–water partition coefficient (Wildman–Crippen LogP) is 5.45. The smallest absolute Gasteiger partial charge is 0.368 e. The maximum atomic E-state index is 12.8. The molecule has 31 heavy (non-hydrogen) atoms. The molecule has 2 heterocycles. The zero-order chi connectivity index (χ0) is 22.4. The van der Waals surface area contributed by atoms with E-state index in [0.717, 1.165) is 38.2 Å². The Morgan fingerprint density at radius 1 is 1.06 bits per heavy atom. The number of pyridine rings is 1. The quantitative estimate of drug-likeness (QED) is 0.517. The molecule has 9 heteroatoms. The van der Waals surface area contributed by atoms with Gasteiger partial charge < -0.3 is 10.6 Å². The SMILES string of the molecule is CNC1CCC(Nc2cccc3nc(C(F)(F)F)cn23)CC1.O=Cc1ccc(Cl)cc1. The highest BCUT2D eigenvalue weighted by Gasteiger charge is 2.34. The molecule has 1 aliphatic rings. The average Bonchev–Trinajstić information content (AvgIpc) is 3.22. The number of aldehydes is 1. The van der Waals surface area contributed by atoms with Crippen molar-refractivity contribution >= 4 is 29.4 Å². The molecule has 0 bridgehead atoms. The summed E-state index contributed by atoms with van der Waals surface area (Å²) in [5, 5.41) is 7.28. The van der Waals surface area contributed by atoms with Gasteiger partial charge in [-0.2, -0.15) is 13.2 Å². The molecule has 5 nitrogen and oxygen atoms in total. The van der Waals surface area contributed by atoms with Crippen LogP contribution in [0.4, 0.5) is 19.0 Å². The average molecular weight is 453 g/mol. The molecule has 0 amide bonds. The largest absolute Gasteiger partial charge is 0.434 e. The van der Waals surface area contributed by atoms with Gasteiger partial charge in [0.2, 0.25) is 0 Å². The normalized spacial score (nSPS) is 18.9. The van der Waals surface area contributed by atoms with Crippen molar-refractivity contribution in [3.05, 3.63) is 64.9 Å². The summed E-state index contributed by atoms with van der Waals surface area (Å²) >= 11 is 5.55. The number of anilines is 1. The first-order valence-corrected chi connectivity index (χ1v) is 10.4. The summed E-state index contributed by atoms with van der Waals surface area (Å²) < 4.78 is 39.9. The van der Waals surface area contributed by atoms with Crippen molar-refractivity contribution in [2.45, 2.75) is 43.9 Å². The standard InChI is InChI=1S/C15H19F3N4.C7H5ClO/c1-19-10-5-7-11(8-6-10)20-13-3-2-4-14-21-12(9-22(13)14)15(16,17)18;8-7-3-1-6(5-9)2-4-7/h2-4,9-11,19-20H,5-8H2,1H3;1-5H. The molecule has 0 saturated heterocycles. The Bertz CT molecular complexity index is 996. The van der Waals surface area contributed by atoms with E-state index in [1.54, 1.807) is 42.5 Å². The summed E-state index contributed by atoms with van der Waals surface area (Å²) in [4.78, 5) is 13.7. The van der Waals surface area contributed by atoms with Crippen molar-refractivity contribution in [1.29, 1.82) is 0 Å². The van der Waals surface area contributed by atoms with E-state index in [1.807, 2.05) is 7.05 Å². The van der Waals surface area contributed by atoms with Gasteiger partial charge >= 0.3 is 6.18 Å². The van der Waals surface area contributed by atoms with E-state index in [0.29, 0.717) is 28.1 Å². The molecule has 2 N–H and O–H groups in total. The van der Waals surface area contributed by atoms with E-state index >= 15 is 0 Å². The fourth-order valence-corrected chi connectivity index (χ4v) is 3.67. The van der Waals surface area contributed by atoms with Gasteiger partial charge in [0.1, 0.15) is 17.8 Å². The van der Waals surface area contributed by atoms with Crippen molar-refractivity contribution in [2.24, 2.45) is 0 Å². The summed E-state index contributed by atoms with van der Waals surface area (Å²) in [6.07, 6.45) is 1.57. The van der Waals surface area contributed by atoms with Gasteiger partial charge in [-0.15, -0.1) is 0 Å². The summed E-state index contributed by atoms with van der Waals surface area (Å²) in [5.74, 6) is 0.661. The minimum atomic E-state index is -4.42. The minimum Gasteiger partial charge on any atom is -0.368 e. The lowest BCUT2D eigenvalue weighted by molar-refractivity contribution is -0.140. The van der Waals surface area contributed by atoms with Gasteiger partial charge in [-0.25, -0.2) is 4.98 Å². The van der Waals surface area contributed by atoms with Crippen LogP contribution >= 0.6 is 11.6 Å². The molecule has 1 fully saturated rings. The van der Waals surface area contributed by atoms with Crippen LogP contribution in [0, 0.1) is 0 Å². The molecule has 0 aliphatic heterocycles. The number of fused-ring (bicyclic) bond motifs is 1. The molecule has 1 saturated carbocycles. The Morgan fingerprint density at radius 2 is 1.71 bits per heavy atom. The minimum absolute atomic E-state index is 0.284. The van der Waals surface area contributed by atoms with Gasteiger partial charge in [0.25, 0.3) is 0 Å². The molecule has 0 radical (unpaired) electrons. The monoisotopic (exact) mass is 452 g/mol. The van der Waals surface area contributed by atoms with Crippen LogP contribution < -0.4 is 10.6 Å². The molecule has 4 rings (SSSR count). The molecule has 0 unspecified atom stereocenters. The third kappa shape index (κ3) is 6.21. The number of carbonyl (C=O) groups excluding carboxylic acids is 1. The van der Waals surface area contributed by atoms with E-state index in [-0.39, 0.29) is 6.04 Å². The molecule has 1 aliphatic carbocycles. The number of halogens is 4. The number of benzene rings is 1. The van der Waals surface area contributed by atoms with Crippen molar-refractivity contribution in [1.82, 2.24) is 14.7 Å². The van der Waals surface area contributed by atoms with Gasteiger partial charge in [-0.05, 0) is 57.0 Å². The molecule has 0 atom stereocenters. The second-order valence-corrected chi connectivity index (χ2v) is 7.85. The first kappa shape index (κ1) is 23.1. The van der Waals surface area contributed by atoms with Crippen LogP contribution in [0.3, 0.4) is 0 Å². The highest BCUT2D eigenvalue weighted by molar-refractivity contribution is 6.30. The van der Waals surface area contributed by atoms with Crippen LogP contribution in [0.2, 0.25) is 5.02 Å². The summed E-state index contributed by atoms with van der Waals surface area (Å²) in [7, 11) is 1.96. The van der Waals surface area contributed by atoms with E-state index in [4.69, 9.17) is 11.6 Å². The Hall–Kier alpha value is -2.58. The molecule has 0 spiro atoms. The Balaban J connectivity index is 0.000000254. The number of rotatable bonds is 4. The van der Waals surface area contributed by atoms with Crippen LogP contribution in [-0.4, -0.2) is 34.8 Å². The van der Waals surface area contributed by atoms with Crippen LogP contribution in [0.25, 0.3) is 5.65 Å². The number of carbonyl (C=O) groups is 1. The lowest BCUT2D eigenvalue weighted by Crippen LogP contribution is -2.35. The maximum Gasteiger partial charge on any atom is 0.434 e. The molecular weight excluding hydrogens is 429 g/mol. The Morgan fingerprint density at radius 3 is 2.29 bits per heavy atom. The third-order valence-electron chi connectivity index (χ3n) is 5.28. The van der Waals surface area contributed by atoms with Crippen LogP contribution in [-0.2, 0) is 6.18 Å². The summed E-state index contributed by atoms with van der Waals surface area (Å²) in [5.41, 5.74) is 0.0984. The lowest BCUT2D eigenvalue weighted by atomic mass is 9.91. The number of nitrogens with one attached hydrogen (secondary N) is 2. The fraction of sp³-hybridized carbons (Fsp3) is 0.364. The zero-order valence-corrected chi connectivity index (χ0v) is 17.7. The first-order chi connectivity index (χ1) is 14.8. The van der Waals surface area contributed by atoms with Gasteiger partial charge in [-0.1, -0.05) is 29.8 Å². The summed E-state index contributed by atoms with van der Waals surface area (Å²) in [6, 6.07) is 12.6.